The summed E-state index contributed by atoms with van der Waals surface area (Å²) < 4.78 is 5.60. The molecule has 0 radical (unpaired) electrons. The lowest BCUT2D eigenvalue weighted by Gasteiger charge is -2.22. The molecular weight excluding hydrogens is 252 g/mol. The minimum Gasteiger partial charge on any atom is -0.376 e. The molecule has 1 heterocycles. The van der Waals surface area contributed by atoms with Crippen molar-refractivity contribution in [3.05, 3.63) is 35.4 Å². The van der Waals surface area contributed by atoms with Crippen LogP contribution in [0.3, 0.4) is 0 Å². The van der Waals surface area contributed by atoms with Crippen LogP contribution in [-0.4, -0.2) is 24.8 Å². The SMILES string of the molecule is CC(NC(=O)NC1CCc2ccccc21)C1CCCO1. The van der Waals surface area contributed by atoms with Gasteiger partial charge in [0.25, 0.3) is 0 Å². The lowest BCUT2D eigenvalue weighted by Crippen LogP contribution is -2.46. The van der Waals surface area contributed by atoms with Gasteiger partial charge in [0.15, 0.2) is 0 Å². The average Bonchev–Trinajstić information content (AvgIpc) is 3.09. The van der Waals surface area contributed by atoms with Gasteiger partial charge < -0.3 is 15.4 Å². The van der Waals surface area contributed by atoms with E-state index in [1.807, 2.05) is 13.0 Å². The second kappa shape index (κ2) is 5.83. The molecule has 1 aliphatic heterocycles. The molecule has 3 rings (SSSR count). The molecular formula is C16H22N2O2. The highest BCUT2D eigenvalue weighted by atomic mass is 16.5. The van der Waals surface area contributed by atoms with Crippen LogP contribution in [0, 0.1) is 0 Å². The van der Waals surface area contributed by atoms with Gasteiger partial charge in [-0.15, -0.1) is 0 Å². The summed E-state index contributed by atoms with van der Waals surface area (Å²) in [5.41, 5.74) is 2.61. The van der Waals surface area contributed by atoms with Crippen LogP contribution in [0.15, 0.2) is 24.3 Å². The largest absolute Gasteiger partial charge is 0.376 e. The summed E-state index contributed by atoms with van der Waals surface area (Å²) in [6.07, 6.45) is 4.32. The number of carbonyl (C=O) groups is 1. The fourth-order valence-corrected chi connectivity index (χ4v) is 3.20. The van der Waals surface area contributed by atoms with Crippen molar-refractivity contribution in [3.8, 4) is 0 Å². The van der Waals surface area contributed by atoms with Crippen molar-refractivity contribution in [2.45, 2.75) is 50.8 Å². The minimum absolute atomic E-state index is 0.0640. The molecule has 4 heteroatoms. The molecule has 2 aliphatic rings. The molecule has 0 aromatic heterocycles. The Bertz CT molecular complexity index is 483. The van der Waals surface area contributed by atoms with Crippen LogP contribution in [0.25, 0.3) is 0 Å². The number of nitrogens with one attached hydrogen (secondary N) is 2. The van der Waals surface area contributed by atoms with E-state index in [0.29, 0.717) is 0 Å². The fraction of sp³-hybridized carbons (Fsp3) is 0.562. The van der Waals surface area contributed by atoms with Crippen LogP contribution in [0.4, 0.5) is 4.79 Å². The Morgan fingerprint density at radius 1 is 1.35 bits per heavy atom. The van der Waals surface area contributed by atoms with Gasteiger partial charge in [0.2, 0.25) is 0 Å². The van der Waals surface area contributed by atoms with Crippen molar-refractivity contribution in [2.75, 3.05) is 6.61 Å². The number of urea groups is 1. The fourth-order valence-electron chi connectivity index (χ4n) is 3.20. The molecule has 0 saturated carbocycles. The third-order valence-electron chi connectivity index (χ3n) is 4.32. The molecule has 108 valence electrons. The molecule has 20 heavy (non-hydrogen) atoms. The number of ether oxygens (including phenoxy) is 1. The zero-order valence-electron chi connectivity index (χ0n) is 11.9. The van der Waals surface area contributed by atoms with Crippen LogP contribution < -0.4 is 10.6 Å². The van der Waals surface area contributed by atoms with Gasteiger partial charge in [-0.05, 0) is 43.7 Å². The smallest absolute Gasteiger partial charge is 0.315 e. The summed E-state index contributed by atoms with van der Waals surface area (Å²) in [6.45, 7) is 2.83. The molecule has 1 aromatic carbocycles. The highest BCUT2D eigenvalue weighted by Gasteiger charge is 2.26. The maximum atomic E-state index is 12.1. The molecule has 2 amide bonds. The van der Waals surface area contributed by atoms with Gasteiger partial charge >= 0.3 is 6.03 Å². The molecule has 0 bridgehead atoms. The minimum atomic E-state index is -0.0882. The maximum Gasteiger partial charge on any atom is 0.315 e. The molecule has 4 nitrogen and oxygen atoms in total. The Morgan fingerprint density at radius 3 is 3.00 bits per heavy atom. The molecule has 3 unspecified atom stereocenters. The van der Waals surface area contributed by atoms with E-state index >= 15 is 0 Å². The van der Waals surface area contributed by atoms with Gasteiger partial charge in [0.05, 0.1) is 18.2 Å². The predicted molar refractivity (Wildman–Crippen MR) is 77.6 cm³/mol. The first-order valence-corrected chi connectivity index (χ1v) is 7.50. The quantitative estimate of drug-likeness (QED) is 0.890. The van der Waals surface area contributed by atoms with Crippen molar-refractivity contribution < 1.29 is 9.53 Å². The first-order valence-electron chi connectivity index (χ1n) is 7.50. The Morgan fingerprint density at radius 2 is 2.20 bits per heavy atom. The van der Waals surface area contributed by atoms with Crippen molar-refractivity contribution >= 4 is 6.03 Å². The first-order chi connectivity index (χ1) is 9.74. The Balaban J connectivity index is 1.54. The molecule has 1 aliphatic carbocycles. The topological polar surface area (TPSA) is 50.4 Å². The van der Waals surface area contributed by atoms with Gasteiger partial charge in [0, 0.05) is 6.61 Å². The lowest BCUT2D eigenvalue weighted by atomic mass is 10.1. The highest BCUT2D eigenvalue weighted by Crippen LogP contribution is 2.30. The monoisotopic (exact) mass is 274 g/mol. The molecule has 1 saturated heterocycles. The van der Waals surface area contributed by atoms with E-state index < -0.39 is 0 Å². The summed E-state index contributed by atoms with van der Waals surface area (Å²) in [4.78, 5) is 12.1. The van der Waals surface area contributed by atoms with Gasteiger partial charge in [-0.2, -0.15) is 0 Å². The van der Waals surface area contributed by atoms with E-state index in [2.05, 4.69) is 28.8 Å². The second-order valence-electron chi connectivity index (χ2n) is 5.75. The predicted octanol–water partition coefficient (Wildman–Crippen LogP) is 2.54. The standard InChI is InChI=1S/C16H22N2O2/c1-11(15-7-4-10-20-15)17-16(19)18-14-9-8-12-5-2-3-6-13(12)14/h2-3,5-6,11,14-15H,4,7-10H2,1H3,(H2,17,18,19). The van der Waals surface area contributed by atoms with E-state index in [0.717, 1.165) is 32.3 Å². The number of hydrogen-bond donors (Lipinski definition) is 2. The number of hydrogen-bond acceptors (Lipinski definition) is 2. The van der Waals surface area contributed by atoms with Crippen molar-refractivity contribution in [1.82, 2.24) is 10.6 Å². The van der Waals surface area contributed by atoms with E-state index in [4.69, 9.17) is 4.74 Å². The second-order valence-corrected chi connectivity index (χ2v) is 5.75. The zero-order valence-corrected chi connectivity index (χ0v) is 11.9. The first kappa shape index (κ1) is 13.4. The van der Waals surface area contributed by atoms with E-state index in [1.54, 1.807) is 0 Å². The van der Waals surface area contributed by atoms with Crippen LogP contribution in [0.5, 0.6) is 0 Å². The average molecular weight is 274 g/mol. The van der Waals surface area contributed by atoms with Crippen molar-refractivity contribution in [3.63, 3.8) is 0 Å². The third kappa shape index (κ3) is 2.80. The lowest BCUT2D eigenvalue weighted by molar-refractivity contribution is 0.0858. The summed E-state index contributed by atoms with van der Waals surface area (Å²) >= 11 is 0. The summed E-state index contributed by atoms with van der Waals surface area (Å²) in [6, 6.07) is 8.46. The van der Waals surface area contributed by atoms with E-state index in [9.17, 15) is 4.79 Å². The van der Waals surface area contributed by atoms with Crippen LogP contribution in [0.2, 0.25) is 0 Å². The molecule has 1 fully saturated rings. The van der Waals surface area contributed by atoms with Gasteiger partial charge in [-0.1, -0.05) is 24.3 Å². The number of fused-ring (bicyclic) bond motifs is 1. The zero-order chi connectivity index (χ0) is 13.9. The number of carbonyl (C=O) groups excluding carboxylic acids is 1. The number of rotatable bonds is 3. The Hall–Kier alpha value is -1.55. The maximum absolute atomic E-state index is 12.1. The van der Waals surface area contributed by atoms with E-state index in [-0.39, 0.29) is 24.2 Å². The van der Waals surface area contributed by atoms with E-state index in [1.165, 1.54) is 11.1 Å². The van der Waals surface area contributed by atoms with Crippen molar-refractivity contribution in [1.29, 1.82) is 0 Å². The number of aryl methyl sites for hydroxylation is 1. The summed E-state index contributed by atoms with van der Waals surface area (Å²) in [5, 5.41) is 6.09. The van der Waals surface area contributed by atoms with Gasteiger partial charge in [-0.3, -0.25) is 0 Å². The molecule has 0 spiro atoms. The summed E-state index contributed by atoms with van der Waals surface area (Å²) in [7, 11) is 0. The Kier molecular flexibility index (Phi) is 3.92. The normalized spacial score (nSPS) is 26.1. The summed E-state index contributed by atoms with van der Waals surface area (Å²) in [5.74, 6) is 0. The van der Waals surface area contributed by atoms with Crippen LogP contribution >= 0.6 is 0 Å². The third-order valence-corrected chi connectivity index (χ3v) is 4.32. The molecule has 3 atom stereocenters. The molecule has 1 aromatic rings. The number of amides is 2. The Labute approximate surface area is 119 Å². The van der Waals surface area contributed by atoms with Crippen molar-refractivity contribution in [2.24, 2.45) is 0 Å². The number of benzene rings is 1. The highest BCUT2D eigenvalue weighted by molar-refractivity contribution is 5.75. The van der Waals surface area contributed by atoms with Crippen LogP contribution in [0.1, 0.15) is 43.4 Å². The van der Waals surface area contributed by atoms with Gasteiger partial charge in [-0.25, -0.2) is 4.79 Å². The van der Waals surface area contributed by atoms with Crippen LogP contribution in [-0.2, 0) is 11.2 Å². The molecule has 2 N–H and O–H groups in total. The van der Waals surface area contributed by atoms with Gasteiger partial charge in [0.1, 0.15) is 0 Å².